The quantitative estimate of drug-likeness (QED) is 0.290. The Balaban J connectivity index is 3.50. The van der Waals surface area contributed by atoms with Crippen molar-refractivity contribution in [2.45, 2.75) is 65.3 Å². The van der Waals surface area contributed by atoms with Crippen molar-refractivity contribution in [1.82, 2.24) is 0 Å². The molecule has 0 unspecified atom stereocenters. The Bertz CT molecular complexity index is 393. The predicted molar refractivity (Wildman–Crippen MR) is 116 cm³/mol. The van der Waals surface area contributed by atoms with Crippen molar-refractivity contribution in [2.75, 3.05) is 79.3 Å². The number of aliphatic hydroxyl groups excluding tert-OH is 1. The predicted octanol–water partition coefficient (Wildman–Crippen LogP) is 2.45. The van der Waals surface area contributed by atoms with Crippen molar-refractivity contribution in [1.29, 1.82) is 0 Å². The van der Waals surface area contributed by atoms with Gasteiger partial charge in [0.05, 0.1) is 96.1 Å². The molecular formula is C22H46O8. The fourth-order valence-electron chi connectivity index (χ4n) is 2.46. The first-order chi connectivity index (χ1) is 14.0. The average molecular weight is 439 g/mol. The van der Waals surface area contributed by atoms with Gasteiger partial charge in [-0.1, -0.05) is 0 Å². The molecule has 1 N–H and O–H groups in total. The highest BCUT2D eigenvalue weighted by atomic mass is 16.6. The lowest BCUT2D eigenvalue weighted by Gasteiger charge is -2.44. The van der Waals surface area contributed by atoms with Crippen molar-refractivity contribution < 1.29 is 38.3 Å². The summed E-state index contributed by atoms with van der Waals surface area (Å²) in [6.07, 6.45) is 0. The van der Waals surface area contributed by atoms with Gasteiger partial charge in [-0.25, -0.2) is 0 Å². The molecule has 8 nitrogen and oxygen atoms in total. The first-order valence-corrected chi connectivity index (χ1v) is 10.9. The van der Waals surface area contributed by atoms with Crippen molar-refractivity contribution in [2.24, 2.45) is 0 Å². The van der Waals surface area contributed by atoms with Gasteiger partial charge in [-0.15, -0.1) is 0 Å². The summed E-state index contributed by atoms with van der Waals surface area (Å²) in [5.41, 5.74) is -1.09. The van der Waals surface area contributed by atoms with E-state index in [1.165, 1.54) is 0 Å². The number of aliphatic hydroxyl groups is 1. The maximum Gasteiger partial charge on any atom is 0.0916 e. The highest BCUT2D eigenvalue weighted by molar-refractivity contribution is 4.91. The van der Waals surface area contributed by atoms with E-state index in [1.54, 1.807) is 0 Å². The van der Waals surface area contributed by atoms with E-state index in [2.05, 4.69) is 13.8 Å². The second-order valence-corrected chi connectivity index (χ2v) is 8.87. The maximum absolute atomic E-state index is 8.55. The maximum atomic E-state index is 8.55. The first-order valence-electron chi connectivity index (χ1n) is 10.9. The molecule has 0 spiro atoms. The summed E-state index contributed by atoms with van der Waals surface area (Å²) in [5, 5.41) is 8.55. The molecule has 0 amide bonds. The van der Waals surface area contributed by atoms with Crippen LogP contribution < -0.4 is 0 Å². The third-order valence-electron chi connectivity index (χ3n) is 4.43. The van der Waals surface area contributed by atoms with Crippen LogP contribution in [0, 0.1) is 0 Å². The molecule has 0 aliphatic heterocycles. The van der Waals surface area contributed by atoms with Crippen LogP contribution in [0.4, 0.5) is 0 Å². The lowest BCUT2D eigenvalue weighted by atomic mass is 9.88. The Kier molecular flexibility index (Phi) is 16.2. The SMILES string of the molecule is CC(C)(C)OC(C)(C)C(C)(C)OCCOCCOCCOCCOCCOCCO. The van der Waals surface area contributed by atoms with Crippen LogP contribution in [0.3, 0.4) is 0 Å². The molecule has 0 saturated heterocycles. The van der Waals surface area contributed by atoms with E-state index in [9.17, 15) is 0 Å². The monoisotopic (exact) mass is 438 g/mol. The molecule has 0 heterocycles. The Hall–Kier alpha value is -0.320. The molecule has 0 aromatic carbocycles. The number of hydrogen-bond donors (Lipinski definition) is 1. The zero-order chi connectivity index (χ0) is 22.9. The Morgan fingerprint density at radius 2 is 0.800 bits per heavy atom. The Morgan fingerprint density at radius 1 is 0.467 bits per heavy atom. The topological polar surface area (TPSA) is 84.8 Å². The van der Waals surface area contributed by atoms with Gasteiger partial charge in [-0.05, 0) is 48.5 Å². The Labute approximate surface area is 183 Å². The summed E-state index contributed by atoms with van der Waals surface area (Å²) in [5.74, 6) is 0. The van der Waals surface area contributed by atoms with Crippen molar-refractivity contribution in [3.63, 3.8) is 0 Å². The molecule has 0 aromatic heterocycles. The second kappa shape index (κ2) is 16.3. The molecule has 0 bridgehead atoms. The molecular weight excluding hydrogens is 392 g/mol. The largest absolute Gasteiger partial charge is 0.394 e. The van der Waals surface area contributed by atoms with Crippen LogP contribution in [0.25, 0.3) is 0 Å². The van der Waals surface area contributed by atoms with Gasteiger partial charge in [0.1, 0.15) is 0 Å². The van der Waals surface area contributed by atoms with Gasteiger partial charge in [0, 0.05) is 0 Å². The molecule has 0 saturated carbocycles. The molecule has 0 aliphatic carbocycles. The third kappa shape index (κ3) is 16.4. The molecule has 30 heavy (non-hydrogen) atoms. The normalized spacial score (nSPS) is 13.2. The summed E-state index contributed by atoms with van der Waals surface area (Å²) < 4.78 is 39.0. The van der Waals surface area contributed by atoms with Gasteiger partial charge in [-0.3, -0.25) is 0 Å². The highest BCUT2D eigenvalue weighted by Gasteiger charge is 2.41. The molecule has 0 fully saturated rings. The van der Waals surface area contributed by atoms with Crippen LogP contribution >= 0.6 is 0 Å². The molecule has 0 radical (unpaired) electrons. The summed E-state index contributed by atoms with van der Waals surface area (Å²) in [7, 11) is 0. The van der Waals surface area contributed by atoms with Crippen LogP contribution in [-0.4, -0.2) is 101 Å². The second-order valence-electron chi connectivity index (χ2n) is 8.87. The molecule has 0 rings (SSSR count). The standard InChI is InChI=1S/C22H46O8/c1-20(2,3)30-22(6,7)21(4,5)29-19-18-28-17-16-27-15-14-26-13-12-25-11-10-24-9-8-23/h23H,8-19H2,1-7H3. The molecule has 0 aliphatic rings. The van der Waals surface area contributed by atoms with Gasteiger partial charge in [0.15, 0.2) is 0 Å². The van der Waals surface area contributed by atoms with Crippen LogP contribution in [0.5, 0.6) is 0 Å². The fraction of sp³-hybridized carbons (Fsp3) is 1.00. The van der Waals surface area contributed by atoms with Crippen LogP contribution in [-0.2, 0) is 33.2 Å². The first kappa shape index (κ1) is 29.7. The van der Waals surface area contributed by atoms with Gasteiger partial charge >= 0.3 is 0 Å². The zero-order valence-corrected chi connectivity index (χ0v) is 20.3. The minimum atomic E-state index is -0.437. The molecule has 0 aromatic rings. The van der Waals surface area contributed by atoms with E-state index in [0.29, 0.717) is 72.7 Å². The van der Waals surface area contributed by atoms with E-state index >= 15 is 0 Å². The van der Waals surface area contributed by atoms with E-state index in [1.807, 2.05) is 34.6 Å². The molecule has 0 atom stereocenters. The number of hydrogen-bond acceptors (Lipinski definition) is 8. The molecule has 182 valence electrons. The van der Waals surface area contributed by atoms with Crippen LogP contribution in [0.1, 0.15) is 48.5 Å². The highest BCUT2D eigenvalue weighted by Crippen LogP contribution is 2.32. The summed E-state index contributed by atoms with van der Waals surface area (Å²) in [4.78, 5) is 0. The van der Waals surface area contributed by atoms with Crippen molar-refractivity contribution in [3.05, 3.63) is 0 Å². The number of rotatable bonds is 20. The summed E-state index contributed by atoms with van der Waals surface area (Å²) in [6.45, 7) is 19.8. The minimum Gasteiger partial charge on any atom is -0.394 e. The smallest absolute Gasteiger partial charge is 0.0916 e. The lowest BCUT2D eigenvalue weighted by Crippen LogP contribution is -2.53. The van der Waals surface area contributed by atoms with E-state index in [4.69, 9.17) is 38.3 Å². The van der Waals surface area contributed by atoms with Crippen LogP contribution in [0.2, 0.25) is 0 Å². The summed E-state index contributed by atoms with van der Waals surface area (Å²) in [6, 6.07) is 0. The van der Waals surface area contributed by atoms with Gasteiger partial charge < -0.3 is 38.3 Å². The zero-order valence-electron chi connectivity index (χ0n) is 20.3. The van der Waals surface area contributed by atoms with Gasteiger partial charge in [-0.2, -0.15) is 0 Å². The fourth-order valence-corrected chi connectivity index (χ4v) is 2.46. The van der Waals surface area contributed by atoms with Crippen LogP contribution in [0.15, 0.2) is 0 Å². The lowest BCUT2D eigenvalue weighted by molar-refractivity contribution is -0.219. The van der Waals surface area contributed by atoms with Crippen molar-refractivity contribution >= 4 is 0 Å². The third-order valence-corrected chi connectivity index (χ3v) is 4.43. The van der Waals surface area contributed by atoms with Crippen molar-refractivity contribution in [3.8, 4) is 0 Å². The Morgan fingerprint density at radius 3 is 1.13 bits per heavy atom. The number of ether oxygens (including phenoxy) is 7. The molecule has 8 heteroatoms. The van der Waals surface area contributed by atoms with Gasteiger partial charge in [0.25, 0.3) is 0 Å². The minimum absolute atomic E-state index is 0.0333. The summed E-state index contributed by atoms with van der Waals surface area (Å²) >= 11 is 0. The van der Waals surface area contributed by atoms with E-state index in [-0.39, 0.29) is 12.2 Å². The van der Waals surface area contributed by atoms with E-state index < -0.39 is 11.2 Å². The average Bonchev–Trinajstić information content (AvgIpc) is 2.62. The van der Waals surface area contributed by atoms with E-state index in [0.717, 1.165) is 0 Å². The van der Waals surface area contributed by atoms with Gasteiger partial charge in [0.2, 0.25) is 0 Å².